The molecule has 1 aliphatic rings. The fraction of sp³-hybridized carbons (Fsp3) is 0.929. The smallest absolute Gasteiger partial charge is 0.223 e. The van der Waals surface area contributed by atoms with Gasteiger partial charge in [0.2, 0.25) is 5.91 Å². The summed E-state index contributed by atoms with van der Waals surface area (Å²) in [5.41, 5.74) is 0. The van der Waals surface area contributed by atoms with Crippen molar-refractivity contribution < 1.29 is 14.6 Å². The Bertz CT molecular complexity index is 243. The van der Waals surface area contributed by atoms with Crippen LogP contribution in [-0.4, -0.2) is 36.4 Å². The molecule has 0 aromatic carbocycles. The van der Waals surface area contributed by atoms with E-state index in [0.29, 0.717) is 6.61 Å². The molecule has 0 radical (unpaired) electrons. The molecule has 3 atom stereocenters. The van der Waals surface area contributed by atoms with Gasteiger partial charge in [0.05, 0.1) is 6.10 Å². The molecule has 1 saturated heterocycles. The van der Waals surface area contributed by atoms with Crippen LogP contribution in [0.4, 0.5) is 0 Å². The topological polar surface area (TPSA) is 58.6 Å². The van der Waals surface area contributed by atoms with Crippen molar-refractivity contribution >= 4 is 5.91 Å². The number of hydrogen-bond acceptors (Lipinski definition) is 3. The van der Waals surface area contributed by atoms with Crippen LogP contribution in [0.25, 0.3) is 0 Å². The largest absolute Gasteiger partial charge is 0.396 e. The fourth-order valence-electron chi connectivity index (χ4n) is 2.47. The molecule has 0 aromatic rings. The van der Waals surface area contributed by atoms with E-state index in [1.54, 1.807) is 0 Å². The minimum absolute atomic E-state index is 0.104. The summed E-state index contributed by atoms with van der Waals surface area (Å²) in [6.07, 6.45) is 5.67. The maximum atomic E-state index is 12.1. The third-order valence-electron chi connectivity index (χ3n) is 3.53. The van der Waals surface area contributed by atoms with E-state index in [2.05, 4.69) is 12.2 Å². The summed E-state index contributed by atoms with van der Waals surface area (Å²) >= 11 is 0. The van der Waals surface area contributed by atoms with Crippen LogP contribution in [-0.2, 0) is 9.53 Å². The minimum Gasteiger partial charge on any atom is -0.396 e. The summed E-state index contributed by atoms with van der Waals surface area (Å²) in [4.78, 5) is 12.1. The number of ether oxygens (including phenoxy) is 1. The van der Waals surface area contributed by atoms with E-state index < -0.39 is 0 Å². The first kappa shape index (κ1) is 15.4. The van der Waals surface area contributed by atoms with E-state index in [-0.39, 0.29) is 30.6 Å². The fourth-order valence-corrected chi connectivity index (χ4v) is 2.47. The molecule has 1 rings (SSSR count). The van der Waals surface area contributed by atoms with E-state index in [1.807, 2.05) is 6.92 Å². The van der Waals surface area contributed by atoms with E-state index >= 15 is 0 Å². The summed E-state index contributed by atoms with van der Waals surface area (Å²) in [5, 5.41) is 11.8. The number of carbonyl (C=O) groups excluding carboxylic acids is 1. The predicted octanol–water partition coefficient (Wildman–Crippen LogP) is 1.86. The highest BCUT2D eigenvalue weighted by Gasteiger charge is 2.27. The van der Waals surface area contributed by atoms with Gasteiger partial charge in [-0.25, -0.2) is 0 Å². The predicted molar refractivity (Wildman–Crippen MR) is 71.3 cm³/mol. The maximum Gasteiger partial charge on any atom is 0.223 e. The van der Waals surface area contributed by atoms with Crippen LogP contribution in [0, 0.1) is 5.92 Å². The van der Waals surface area contributed by atoms with Crippen molar-refractivity contribution in [1.29, 1.82) is 0 Å². The van der Waals surface area contributed by atoms with Gasteiger partial charge in [-0.15, -0.1) is 0 Å². The Labute approximate surface area is 110 Å². The van der Waals surface area contributed by atoms with Gasteiger partial charge in [0.15, 0.2) is 0 Å². The average Bonchev–Trinajstić information content (AvgIpc) is 2.37. The molecule has 1 amide bonds. The van der Waals surface area contributed by atoms with Crippen LogP contribution in [0.5, 0.6) is 0 Å². The molecule has 4 nitrogen and oxygen atoms in total. The number of hydrogen-bond donors (Lipinski definition) is 2. The molecule has 1 aliphatic heterocycles. The normalized spacial score (nSPS) is 25.7. The minimum atomic E-state index is 0.104. The first-order chi connectivity index (χ1) is 8.67. The van der Waals surface area contributed by atoms with Gasteiger partial charge in [0, 0.05) is 25.2 Å². The van der Waals surface area contributed by atoms with Crippen molar-refractivity contribution in [2.45, 2.75) is 64.5 Å². The second-order valence-corrected chi connectivity index (χ2v) is 5.28. The van der Waals surface area contributed by atoms with E-state index in [0.717, 1.165) is 38.5 Å². The molecule has 0 saturated carbocycles. The zero-order chi connectivity index (χ0) is 13.4. The van der Waals surface area contributed by atoms with E-state index in [9.17, 15) is 4.79 Å². The maximum absolute atomic E-state index is 12.1. The lowest BCUT2D eigenvalue weighted by atomic mass is 9.92. The summed E-state index contributed by atoms with van der Waals surface area (Å²) < 4.78 is 5.66. The van der Waals surface area contributed by atoms with Crippen molar-refractivity contribution in [2.24, 2.45) is 5.92 Å². The Balaban J connectivity index is 2.31. The SMILES string of the molecule is CCCC1CC(C(=O)NC(C)CCCO)CCO1. The lowest BCUT2D eigenvalue weighted by molar-refractivity contribution is -0.130. The van der Waals surface area contributed by atoms with Gasteiger partial charge in [-0.1, -0.05) is 13.3 Å². The number of aliphatic hydroxyl groups is 1. The van der Waals surface area contributed by atoms with Crippen molar-refractivity contribution in [3.05, 3.63) is 0 Å². The Morgan fingerprint density at radius 1 is 1.56 bits per heavy atom. The lowest BCUT2D eigenvalue weighted by Gasteiger charge is -2.29. The summed E-state index contributed by atoms with van der Waals surface area (Å²) in [5.74, 6) is 0.261. The van der Waals surface area contributed by atoms with E-state index in [1.165, 1.54) is 0 Å². The Morgan fingerprint density at radius 3 is 3.00 bits per heavy atom. The monoisotopic (exact) mass is 257 g/mol. The van der Waals surface area contributed by atoms with Crippen molar-refractivity contribution in [2.75, 3.05) is 13.2 Å². The average molecular weight is 257 g/mol. The van der Waals surface area contributed by atoms with Gasteiger partial charge in [-0.3, -0.25) is 4.79 Å². The molecule has 4 heteroatoms. The third kappa shape index (κ3) is 5.36. The second-order valence-electron chi connectivity index (χ2n) is 5.28. The molecule has 0 aliphatic carbocycles. The molecule has 1 fully saturated rings. The highest BCUT2D eigenvalue weighted by molar-refractivity contribution is 5.79. The first-order valence-electron chi connectivity index (χ1n) is 7.20. The molecule has 2 N–H and O–H groups in total. The van der Waals surface area contributed by atoms with Crippen LogP contribution in [0.2, 0.25) is 0 Å². The van der Waals surface area contributed by atoms with Crippen LogP contribution in [0.3, 0.4) is 0 Å². The zero-order valence-corrected chi connectivity index (χ0v) is 11.7. The zero-order valence-electron chi connectivity index (χ0n) is 11.7. The Hall–Kier alpha value is -0.610. The van der Waals surface area contributed by atoms with Crippen LogP contribution in [0.15, 0.2) is 0 Å². The molecule has 0 spiro atoms. The van der Waals surface area contributed by atoms with Crippen LogP contribution >= 0.6 is 0 Å². The summed E-state index contributed by atoms with van der Waals surface area (Å²) in [6, 6.07) is 0.150. The molecule has 3 unspecified atom stereocenters. The van der Waals surface area contributed by atoms with Crippen molar-refractivity contribution in [3.63, 3.8) is 0 Å². The highest BCUT2D eigenvalue weighted by Crippen LogP contribution is 2.23. The third-order valence-corrected chi connectivity index (χ3v) is 3.53. The number of amides is 1. The molecular weight excluding hydrogens is 230 g/mol. The van der Waals surface area contributed by atoms with Gasteiger partial charge in [0.1, 0.15) is 0 Å². The standard InChI is InChI=1S/C14H27NO3/c1-3-5-13-10-12(7-9-18-13)14(17)15-11(2)6-4-8-16/h11-13,16H,3-10H2,1-2H3,(H,15,17). The first-order valence-corrected chi connectivity index (χ1v) is 7.20. The van der Waals surface area contributed by atoms with Crippen LogP contribution in [0.1, 0.15) is 52.4 Å². The quantitative estimate of drug-likeness (QED) is 0.732. The van der Waals surface area contributed by atoms with Gasteiger partial charge < -0.3 is 15.2 Å². The van der Waals surface area contributed by atoms with Crippen LogP contribution < -0.4 is 5.32 Å². The molecule has 18 heavy (non-hydrogen) atoms. The second kappa shape index (κ2) is 8.48. The van der Waals surface area contributed by atoms with Gasteiger partial charge in [-0.05, 0) is 39.0 Å². The van der Waals surface area contributed by atoms with Gasteiger partial charge >= 0.3 is 0 Å². The number of carbonyl (C=O) groups is 1. The summed E-state index contributed by atoms with van der Waals surface area (Å²) in [6.45, 7) is 5.03. The summed E-state index contributed by atoms with van der Waals surface area (Å²) in [7, 11) is 0. The molecule has 0 bridgehead atoms. The lowest BCUT2D eigenvalue weighted by Crippen LogP contribution is -2.41. The highest BCUT2D eigenvalue weighted by atomic mass is 16.5. The van der Waals surface area contributed by atoms with Crippen molar-refractivity contribution in [3.8, 4) is 0 Å². The van der Waals surface area contributed by atoms with Gasteiger partial charge in [0.25, 0.3) is 0 Å². The Kier molecular flexibility index (Phi) is 7.28. The van der Waals surface area contributed by atoms with Gasteiger partial charge in [-0.2, -0.15) is 0 Å². The molecule has 1 heterocycles. The number of nitrogens with one attached hydrogen (secondary N) is 1. The molecule has 0 aromatic heterocycles. The number of rotatable bonds is 7. The molecule has 106 valence electrons. The molecular formula is C14H27NO3. The Morgan fingerprint density at radius 2 is 2.33 bits per heavy atom. The number of aliphatic hydroxyl groups excluding tert-OH is 1. The van der Waals surface area contributed by atoms with E-state index in [4.69, 9.17) is 9.84 Å². The van der Waals surface area contributed by atoms with Crippen molar-refractivity contribution in [1.82, 2.24) is 5.32 Å².